The number of hydrogen-bond donors (Lipinski definition) is 3. The molecule has 3 N–H and O–H groups in total. The Labute approximate surface area is 229 Å². The van der Waals surface area contributed by atoms with Gasteiger partial charge in [0.1, 0.15) is 17.2 Å². The number of nitrogens with one attached hydrogen (secondary N) is 2. The van der Waals surface area contributed by atoms with Crippen LogP contribution in [-0.4, -0.2) is 35.5 Å². The number of carboxylic acid groups (broad SMARTS) is 1. The molecule has 2 aromatic carbocycles. The predicted octanol–water partition coefficient (Wildman–Crippen LogP) is 4.45. The molecule has 4 aromatic rings. The maximum atomic E-state index is 12.9. The fourth-order valence-corrected chi connectivity index (χ4v) is 4.60. The molecule has 0 saturated heterocycles. The van der Waals surface area contributed by atoms with Crippen LogP contribution in [0.5, 0.6) is 0 Å². The summed E-state index contributed by atoms with van der Waals surface area (Å²) in [6.45, 7) is 3.92. The van der Waals surface area contributed by atoms with Gasteiger partial charge in [-0.15, -0.1) is 0 Å². The Morgan fingerprint density at radius 1 is 1.03 bits per heavy atom. The molecule has 2 aromatic heterocycles. The quantitative estimate of drug-likeness (QED) is 0.184. The largest absolute Gasteiger partial charge is 0.481 e. The molecule has 10 heteroatoms. The zero-order chi connectivity index (χ0) is 28.1. The Kier molecular flexibility index (Phi) is 8.71. The first-order valence-electron chi connectivity index (χ1n) is 12.6. The molecule has 204 valence electrons. The summed E-state index contributed by atoms with van der Waals surface area (Å²) in [4.78, 5) is 49.3. The van der Waals surface area contributed by atoms with Crippen molar-refractivity contribution in [2.24, 2.45) is 0 Å². The molecule has 0 fully saturated rings. The number of carbonyl (C=O) groups excluding carboxylic acids is 2. The Balaban J connectivity index is 1.47. The van der Waals surface area contributed by atoms with Crippen LogP contribution in [0.25, 0.3) is 21.9 Å². The minimum Gasteiger partial charge on any atom is -0.481 e. The number of amides is 2. The molecule has 0 radical (unpaired) electrons. The van der Waals surface area contributed by atoms with Crippen molar-refractivity contribution in [3.05, 3.63) is 80.4 Å². The van der Waals surface area contributed by atoms with Crippen molar-refractivity contribution in [3.8, 4) is 0 Å². The first-order valence-corrected chi connectivity index (χ1v) is 13.0. The van der Waals surface area contributed by atoms with Crippen LogP contribution in [-0.2, 0) is 27.2 Å². The monoisotopic (exact) mass is 552 g/mol. The van der Waals surface area contributed by atoms with Crippen LogP contribution in [0.1, 0.15) is 41.5 Å². The summed E-state index contributed by atoms with van der Waals surface area (Å²) < 4.78 is 11.1. The fraction of sp³-hybridized carbons (Fsp3) is 0.310. The highest BCUT2D eigenvalue weighted by atomic mass is 35.5. The van der Waals surface area contributed by atoms with Gasteiger partial charge in [-0.2, -0.15) is 0 Å². The number of furan rings is 1. The number of fused-ring (bicyclic) bond motifs is 2. The van der Waals surface area contributed by atoms with Gasteiger partial charge < -0.3 is 24.6 Å². The lowest BCUT2D eigenvalue weighted by molar-refractivity contribution is -0.137. The third kappa shape index (κ3) is 6.86. The van der Waals surface area contributed by atoms with E-state index >= 15 is 0 Å². The SMILES string of the molecule is Cc1coc2cc3oc(=O)c(CCC(=O)NC(Cc4ccc(Cl)cc4)C(=O)NCCCC(=O)O)c(C)c3cc12. The van der Waals surface area contributed by atoms with Crippen molar-refractivity contribution < 1.29 is 28.3 Å². The van der Waals surface area contributed by atoms with Crippen LogP contribution < -0.4 is 16.3 Å². The first kappa shape index (κ1) is 27.9. The second kappa shape index (κ2) is 12.2. The lowest BCUT2D eigenvalue weighted by Crippen LogP contribution is -2.48. The van der Waals surface area contributed by atoms with Gasteiger partial charge in [0.05, 0.1) is 6.26 Å². The van der Waals surface area contributed by atoms with Crippen LogP contribution in [0.4, 0.5) is 0 Å². The summed E-state index contributed by atoms with van der Waals surface area (Å²) in [6, 6.07) is 9.64. The molecular weight excluding hydrogens is 524 g/mol. The number of halogens is 1. The Hall–Kier alpha value is -4.11. The van der Waals surface area contributed by atoms with Gasteiger partial charge in [0.25, 0.3) is 0 Å². The Morgan fingerprint density at radius 2 is 1.77 bits per heavy atom. The van der Waals surface area contributed by atoms with Crippen molar-refractivity contribution in [2.75, 3.05) is 6.54 Å². The lowest BCUT2D eigenvalue weighted by Gasteiger charge is -2.19. The fourth-order valence-electron chi connectivity index (χ4n) is 4.47. The number of benzene rings is 2. The van der Waals surface area contributed by atoms with E-state index in [9.17, 15) is 19.2 Å². The van der Waals surface area contributed by atoms with Crippen LogP contribution in [0, 0.1) is 13.8 Å². The van der Waals surface area contributed by atoms with Crippen LogP contribution >= 0.6 is 11.6 Å². The minimum absolute atomic E-state index is 0.0342. The molecular formula is C29H29ClN2O7. The minimum atomic E-state index is -0.951. The zero-order valence-corrected chi connectivity index (χ0v) is 22.4. The van der Waals surface area contributed by atoms with Crippen LogP contribution in [0.2, 0.25) is 5.02 Å². The van der Waals surface area contributed by atoms with Crippen molar-refractivity contribution >= 4 is 51.3 Å². The van der Waals surface area contributed by atoms with E-state index in [-0.39, 0.29) is 38.6 Å². The van der Waals surface area contributed by atoms with E-state index < -0.39 is 29.5 Å². The van der Waals surface area contributed by atoms with Gasteiger partial charge in [0.15, 0.2) is 0 Å². The number of aryl methyl sites for hydroxylation is 2. The topological polar surface area (TPSA) is 139 Å². The molecule has 39 heavy (non-hydrogen) atoms. The second-order valence-electron chi connectivity index (χ2n) is 9.50. The van der Waals surface area contributed by atoms with E-state index in [2.05, 4.69) is 10.6 Å². The van der Waals surface area contributed by atoms with E-state index in [0.29, 0.717) is 21.8 Å². The van der Waals surface area contributed by atoms with Gasteiger partial charge in [-0.05, 0) is 61.6 Å². The molecule has 0 bridgehead atoms. The van der Waals surface area contributed by atoms with Gasteiger partial charge in [0.2, 0.25) is 11.8 Å². The maximum Gasteiger partial charge on any atom is 0.339 e. The summed E-state index contributed by atoms with van der Waals surface area (Å²) in [5.74, 6) is -1.78. The standard InChI is InChI=1S/C29H29ClN2O7/c1-16-15-38-24-14-25-22(13-21(16)24)17(2)20(29(37)39-25)9-10-26(33)32-23(12-18-5-7-19(30)8-6-18)28(36)31-11-3-4-27(34)35/h5-8,13-15,23H,3-4,9-12H2,1-2H3,(H,31,36)(H,32,33)(H,34,35). The average molecular weight is 553 g/mol. The van der Waals surface area contributed by atoms with E-state index in [1.165, 1.54) is 0 Å². The molecule has 9 nitrogen and oxygen atoms in total. The molecule has 1 unspecified atom stereocenters. The zero-order valence-electron chi connectivity index (χ0n) is 21.6. The smallest absolute Gasteiger partial charge is 0.339 e. The number of carboxylic acids is 1. The Bertz CT molecular complexity index is 1590. The lowest BCUT2D eigenvalue weighted by atomic mass is 10.00. The first-order chi connectivity index (χ1) is 18.6. The summed E-state index contributed by atoms with van der Waals surface area (Å²) >= 11 is 5.96. The predicted molar refractivity (Wildman–Crippen MR) is 147 cm³/mol. The highest BCUT2D eigenvalue weighted by Gasteiger charge is 2.22. The third-order valence-corrected chi connectivity index (χ3v) is 6.90. The van der Waals surface area contributed by atoms with Crippen molar-refractivity contribution in [2.45, 2.75) is 52.0 Å². The highest BCUT2D eigenvalue weighted by molar-refractivity contribution is 6.30. The number of carbonyl (C=O) groups is 3. The molecule has 0 aliphatic rings. The van der Waals surface area contributed by atoms with Crippen LogP contribution in [0.15, 0.2) is 56.3 Å². The number of hydrogen-bond acceptors (Lipinski definition) is 6. The molecule has 0 aliphatic carbocycles. The van der Waals surface area contributed by atoms with Crippen molar-refractivity contribution in [1.82, 2.24) is 10.6 Å². The van der Waals surface area contributed by atoms with E-state index in [0.717, 1.165) is 27.5 Å². The summed E-state index contributed by atoms with van der Waals surface area (Å²) in [7, 11) is 0. The number of rotatable bonds is 11. The van der Waals surface area contributed by atoms with E-state index in [4.69, 9.17) is 25.5 Å². The second-order valence-corrected chi connectivity index (χ2v) is 9.93. The summed E-state index contributed by atoms with van der Waals surface area (Å²) in [5.41, 5.74) is 3.39. The average Bonchev–Trinajstić information content (AvgIpc) is 3.25. The normalized spacial score (nSPS) is 12.0. The van der Waals surface area contributed by atoms with Gasteiger partial charge >= 0.3 is 11.6 Å². The van der Waals surface area contributed by atoms with Crippen molar-refractivity contribution in [3.63, 3.8) is 0 Å². The number of aliphatic carboxylic acids is 1. The van der Waals surface area contributed by atoms with Gasteiger partial charge in [-0.1, -0.05) is 23.7 Å². The summed E-state index contributed by atoms with van der Waals surface area (Å²) in [6.07, 6.45) is 2.15. The maximum absolute atomic E-state index is 12.9. The van der Waals surface area contributed by atoms with Gasteiger partial charge in [0, 0.05) is 53.2 Å². The molecule has 2 heterocycles. The van der Waals surface area contributed by atoms with E-state index in [1.807, 2.05) is 19.9 Å². The molecule has 0 saturated carbocycles. The highest BCUT2D eigenvalue weighted by Crippen LogP contribution is 2.29. The summed E-state index contributed by atoms with van der Waals surface area (Å²) in [5, 5.41) is 16.5. The molecule has 0 aliphatic heterocycles. The third-order valence-electron chi connectivity index (χ3n) is 6.65. The van der Waals surface area contributed by atoms with Gasteiger partial charge in [-0.25, -0.2) is 4.79 Å². The molecule has 0 spiro atoms. The van der Waals surface area contributed by atoms with E-state index in [1.54, 1.807) is 36.6 Å². The molecule has 4 rings (SSSR count). The Morgan fingerprint density at radius 3 is 2.49 bits per heavy atom. The van der Waals surface area contributed by atoms with Crippen molar-refractivity contribution in [1.29, 1.82) is 0 Å². The van der Waals surface area contributed by atoms with Crippen LogP contribution in [0.3, 0.4) is 0 Å². The molecule has 1 atom stereocenters. The van der Waals surface area contributed by atoms with Gasteiger partial charge in [-0.3, -0.25) is 14.4 Å². The molecule has 2 amide bonds.